The largest absolute Gasteiger partial charge is 0.0698 e. The highest BCUT2D eigenvalue weighted by Gasteiger charge is 2.37. The Bertz CT molecular complexity index is 214. The Morgan fingerprint density at radius 1 is 0.812 bits per heavy atom. The van der Waals surface area contributed by atoms with Crippen LogP contribution in [0, 0.1) is 0 Å². The summed E-state index contributed by atoms with van der Waals surface area (Å²) in [4.78, 5) is 0. The molecule has 98 valence electrons. The maximum Gasteiger partial charge on any atom is 0.0475 e. The van der Waals surface area contributed by atoms with Crippen LogP contribution in [0.4, 0.5) is 0 Å². The van der Waals surface area contributed by atoms with Crippen LogP contribution in [0.3, 0.4) is 0 Å². The van der Waals surface area contributed by atoms with Crippen LogP contribution in [-0.4, -0.2) is 24.2 Å². The van der Waals surface area contributed by atoms with E-state index in [-0.39, 0.29) is 0 Å². The molecule has 0 amide bonds. The molecule has 0 aliphatic heterocycles. The Labute approximate surface area is 107 Å². The molecular weight excluding hydrogens is 240 g/mol. The number of rotatable bonds is 6. The lowest BCUT2D eigenvalue weighted by molar-refractivity contribution is 0.839. The molecule has 3 heteroatoms. The monoisotopic (exact) mass is 274 g/mol. The third-order valence-electron chi connectivity index (χ3n) is 3.89. The van der Waals surface area contributed by atoms with Crippen LogP contribution in [0.1, 0.15) is 20.3 Å². The van der Waals surface area contributed by atoms with E-state index in [0.717, 1.165) is 5.54 Å². The first-order valence-electron chi connectivity index (χ1n) is 6.90. The molecule has 0 radical (unpaired) electrons. The summed E-state index contributed by atoms with van der Waals surface area (Å²) in [7, 11) is -2.74. The summed E-state index contributed by atoms with van der Waals surface area (Å²) in [6, 6.07) is 0. The normalized spacial score (nSPS) is 16.3. The summed E-state index contributed by atoms with van der Waals surface area (Å²) >= 11 is 0. The van der Waals surface area contributed by atoms with Gasteiger partial charge in [0.1, 0.15) is 0 Å². The van der Waals surface area contributed by atoms with Crippen molar-refractivity contribution in [3.05, 3.63) is 0 Å². The summed E-state index contributed by atoms with van der Waals surface area (Å²) in [5.74, 6) is 0. The molecule has 0 aromatic carbocycles. The van der Waals surface area contributed by atoms with Gasteiger partial charge in [-0.05, 0) is 5.54 Å². The van der Waals surface area contributed by atoms with E-state index in [1.807, 2.05) is 0 Å². The van der Waals surface area contributed by atoms with Crippen molar-refractivity contribution in [2.24, 2.45) is 0 Å². The SMILES string of the molecule is CCC(C)[Si](C)(C)C[Si](C)(C)C[Si](C)(C)C. The van der Waals surface area contributed by atoms with Crippen molar-refractivity contribution in [1.29, 1.82) is 0 Å². The molecule has 0 heterocycles. The minimum Gasteiger partial charge on any atom is -0.0698 e. The first kappa shape index (κ1) is 16.7. The molecule has 16 heavy (non-hydrogen) atoms. The molecule has 0 nitrogen and oxygen atoms in total. The topological polar surface area (TPSA) is 0 Å². The summed E-state index contributed by atoms with van der Waals surface area (Å²) in [6.45, 7) is 23.0. The van der Waals surface area contributed by atoms with Gasteiger partial charge < -0.3 is 0 Å². The smallest absolute Gasteiger partial charge is 0.0475 e. The van der Waals surface area contributed by atoms with Crippen LogP contribution >= 0.6 is 0 Å². The minimum absolute atomic E-state index is 0.853. The third kappa shape index (κ3) is 6.40. The van der Waals surface area contributed by atoms with E-state index in [1.54, 1.807) is 11.3 Å². The molecule has 0 N–H and O–H groups in total. The van der Waals surface area contributed by atoms with Gasteiger partial charge in [0.25, 0.3) is 0 Å². The van der Waals surface area contributed by atoms with Crippen LogP contribution in [0.15, 0.2) is 0 Å². The Hall–Kier alpha value is 0.651. The quantitative estimate of drug-likeness (QED) is 0.551. The first-order chi connectivity index (χ1) is 6.90. The molecule has 0 saturated heterocycles. The van der Waals surface area contributed by atoms with Gasteiger partial charge in [-0.2, -0.15) is 0 Å². The van der Waals surface area contributed by atoms with Crippen molar-refractivity contribution in [3.63, 3.8) is 0 Å². The molecule has 0 aliphatic rings. The van der Waals surface area contributed by atoms with E-state index < -0.39 is 24.2 Å². The summed E-state index contributed by atoms with van der Waals surface area (Å²) in [5.41, 5.74) is 4.26. The zero-order valence-corrected chi connectivity index (χ0v) is 16.2. The Morgan fingerprint density at radius 2 is 1.25 bits per heavy atom. The Balaban J connectivity index is 4.57. The van der Waals surface area contributed by atoms with Crippen LogP contribution in [-0.2, 0) is 0 Å². The fraction of sp³-hybridized carbons (Fsp3) is 1.00. The minimum atomic E-state index is -0.958. The molecule has 0 fully saturated rings. The average molecular weight is 275 g/mol. The van der Waals surface area contributed by atoms with E-state index >= 15 is 0 Å². The predicted octanol–water partition coefficient (Wildman–Crippen LogP) is 5.62. The number of hydrogen-bond acceptors (Lipinski definition) is 0. The average Bonchev–Trinajstić information content (AvgIpc) is 1.95. The zero-order chi connectivity index (χ0) is 13.2. The van der Waals surface area contributed by atoms with Gasteiger partial charge >= 0.3 is 0 Å². The highest BCUT2D eigenvalue weighted by atomic mass is 28.4. The fourth-order valence-corrected chi connectivity index (χ4v) is 28.9. The van der Waals surface area contributed by atoms with E-state index in [0.29, 0.717) is 0 Å². The lowest BCUT2D eigenvalue weighted by atomic mass is 10.4. The van der Waals surface area contributed by atoms with Crippen LogP contribution < -0.4 is 0 Å². The van der Waals surface area contributed by atoms with E-state index in [4.69, 9.17) is 0 Å². The maximum absolute atomic E-state index is 2.64. The van der Waals surface area contributed by atoms with Crippen molar-refractivity contribution in [3.8, 4) is 0 Å². The first-order valence-corrected chi connectivity index (χ1v) is 17.3. The van der Waals surface area contributed by atoms with Gasteiger partial charge in [0, 0.05) is 24.2 Å². The van der Waals surface area contributed by atoms with Gasteiger partial charge in [-0.1, -0.05) is 77.4 Å². The van der Waals surface area contributed by atoms with E-state index in [1.165, 1.54) is 6.42 Å². The van der Waals surface area contributed by atoms with E-state index in [9.17, 15) is 0 Å². The Kier molecular flexibility index (Phi) is 5.75. The summed E-state index contributed by atoms with van der Waals surface area (Å²) in [6.07, 6.45) is 1.39. The Morgan fingerprint density at radius 3 is 1.56 bits per heavy atom. The zero-order valence-electron chi connectivity index (χ0n) is 13.2. The second kappa shape index (κ2) is 5.53. The highest BCUT2D eigenvalue weighted by molar-refractivity contribution is 7.02. The molecule has 1 atom stereocenters. The van der Waals surface area contributed by atoms with Crippen molar-refractivity contribution in [2.75, 3.05) is 0 Å². The lowest BCUT2D eigenvalue weighted by Crippen LogP contribution is -2.46. The standard InChI is InChI=1S/C13H34Si3/c1-10-13(2)16(8,9)12-15(6,7)11-14(3,4)5/h13H,10-12H2,1-9H3. The molecule has 0 aliphatic carbocycles. The molecule has 0 saturated carbocycles. The van der Waals surface area contributed by atoms with Crippen LogP contribution in [0.25, 0.3) is 0 Å². The van der Waals surface area contributed by atoms with Gasteiger partial charge in [0.05, 0.1) is 0 Å². The van der Waals surface area contributed by atoms with Gasteiger partial charge in [-0.25, -0.2) is 0 Å². The van der Waals surface area contributed by atoms with Crippen molar-refractivity contribution >= 4 is 24.2 Å². The number of hydrogen-bond donors (Lipinski definition) is 0. The predicted molar refractivity (Wildman–Crippen MR) is 87.6 cm³/mol. The molecule has 0 aromatic heterocycles. The molecule has 0 aromatic rings. The molecule has 0 bridgehead atoms. The highest BCUT2D eigenvalue weighted by Crippen LogP contribution is 2.35. The van der Waals surface area contributed by atoms with Crippen molar-refractivity contribution in [1.82, 2.24) is 0 Å². The van der Waals surface area contributed by atoms with Crippen molar-refractivity contribution < 1.29 is 0 Å². The maximum atomic E-state index is 2.64. The van der Waals surface area contributed by atoms with E-state index in [2.05, 4.69) is 59.7 Å². The molecule has 1 unspecified atom stereocenters. The second-order valence-corrected chi connectivity index (χ2v) is 25.6. The van der Waals surface area contributed by atoms with Gasteiger partial charge in [0.2, 0.25) is 0 Å². The fourth-order valence-electron chi connectivity index (χ4n) is 3.46. The van der Waals surface area contributed by atoms with Crippen LogP contribution in [0.5, 0.6) is 0 Å². The second-order valence-electron chi connectivity index (χ2n) is 8.38. The molecule has 0 rings (SSSR count). The van der Waals surface area contributed by atoms with Gasteiger partial charge in [0.15, 0.2) is 0 Å². The molecule has 0 spiro atoms. The summed E-state index contributed by atoms with van der Waals surface area (Å²) < 4.78 is 0. The van der Waals surface area contributed by atoms with Gasteiger partial charge in [-0.3, -0.25) is 0 Å². The lowest BCUT2D eigenvalue weighted by Gasteiger charge is -2.39. The van der Waals surface area contributed by atoms with Gasteiger partial charge in [-0.15, -0.1) is 0 Å². The third-order valence-corrected chi connectivity index (χ3v) is 22.5. The summed E-state index contributed by atoms with van der Waals surface area (Å²) in [5, 5.41) is 0. The molecular formula is C13H34Si3. The van der Waals surface area contributed by atoms with Crippen molar-refractivity contribution in [2.45, 2.75) is 83.0 Å². The van der Waals surface area contributed by atoms with Crippen LogP contribution in [0.2, 0.25) is 62.7 Å².